The Labute approximate surface area is 172 Å². The average molecular weight is 406 g/mol. The molecule has 0 aliphatic carbocycles. The summed E-state index contributed by atoms with van der Waals surface area (Å²) in [4.78, 5) is 30.3. The number of para-hydroxylation sites is 2. The second-order valence-electron chi connectivity index (χ2n) is 7.10. The van der Waals surface area contributed by atoms with Gasteiger partial charge in [0, 0.05) is 6.04 Å². The van der Waals surface area contributed by atoms with Crippen LogP contribution < -0.4 is 16.0 Å². The Morgan fingerprint density at radius 2 is 1.80 bits per heavy atom. The lowest BCUT2D eigenvalue weighted by Gasteiger charge is -2.14. The molecule has 8 heteroatoms. The molecule has 0 spiro atoms. The van der Waals surface area contributed by atoms with Crippen LogP contribution >= 0.6 is 0 Å². The van der Waals surface area contributed by atoms with Crippen LogP contribution in [-0.4, -0.2) is 25.9 Å². The Morgan fingerprint density at radius 1 is 1.07 bits per heavy atom. The van der Waals surface area contributed by atoms with Gasteiger partial charge in [0.2, 0.25) is 11.7 Å². The van der Waals surface area contributed by atoms with E-state index in [-0.39, 0.29) is 24.0 Å². The molecule has 0 atom stereocenters. The summed E-state index contributed by atoms with van der Waals surface area (Å²) >= 11 is 0. The van der Waals surface area contributed by atoms with Crippen molar-refractivity contribution in [2.45, 2.75) is 33.4 Å². The van der Waals surface area contributed by atoms with Gasteiger partial charge < -0.3 is 9.26 Å². The predicted molar refractivity (Wildman–Crippen MR) is 113 cm³/mol. The number of hydrogen-bond donors (Lipinski definition) is 0. The van der Waals surface area contributed by atoms with Crippen molar-refractivity contribution in [3.05, 3.63) is 75.3 Å². The van der Waals surface area contributed by atoms with Crippen molar-refractivity contribution in [1.29, 1.82) is 0 Å². The Balaban J connectivity index is 1.80. The molecule has 0 radical (unpaired) electrons. The molecule has 4 rings (SSSR count). The number of nitrogens with zero attached hydrogens (tertiary/aromatic N) is 4. The molecule has 0 N–H and O–H groups in total. The molecule has 0 saturated heterocycles. The zero-order chi connectivity index (χ0) is 21.3. The van der Waals surface area contributed by atoms with Gasteiger partial charge in [-0.3, -0.25) is 13.9 Å². The van der Waals surface area contributed by atoms with Gasteiger partial charge in [-0.25, -0.2) is 4.79 Å². The van der Waals surface area contributed by atoms with E-state index < -0.39 is 5.69 Å². The largest absolute Gasteiger partial charge is 0.493 e. The van der Waals surface area contributed by atoms with Crippen LogP contribution in [0.25, 0.3) is 22.3 Å². The lowest BCUT2D eigenvalue weighted by molar-refractivity contribution is 0.340. The first-order valence-electron chi connectivity index (χ1n) is 9.80. The van der Waals surface area contributed by atoms with Crippen molar-refractivity contribution >= 4 is 10.9 Å². The predicted octanol–water partition coefficient (Wildman–Crippen LogP) is 3.24. The fourth-order valence-electron chi connectivity index (χ4n) is 3.44. The van der Waals surface area contributed by atoms with Crippen LogP contribution in [-0.2, 0) is 6.54 Å². The van der Waals surface area contributed by atoms with E-state index in [0.717, 1.165) is 0 Å². The molecule has 0 unspecified atom stereocenters. The van der Waals surface area contributed by atoms with Gasteiger partial charge in [-0.05, 0) is 45.0 Å². The van der Waals surface area contributed by atoms with Crippen LogP contribution in [0.2, 0.25) is 0 Å². The van der Waals surface area contributed by atoms with Crippen LogP contribution in [0.15, 0.2) is 62.6 Å². The normalized spacial score (nSPS) is 11.3. The summed E-state index contributed by atoms with van der Waals surface area (Å²) in [7, 11) is 0. The minimum Gasteiger partial charge on any atom is -0.493 e. The highest BCUT2D eigenvalue weighted by atomic mass is 16.5. The minimum atomic E-state index is -0.414. The fourth-order valence-corrected chi connectivity index (χ4v) is 3.44. The van der Waals surface area contributed by atoms with E-state index >= 15 is 0 Å². The summed E-state index contributed by atoms with van der Waals surface area (Å²) < 4.78 is 13.8. The Morgan fingerprint density at radius 3 is 2.57 bits per heavy atom. The topological polar surface area (TPSA) is 92.2 Å². The quantitative estimate of drug-likeness (QED) is 0.488. The van der Waals surface area contributed by atoms with Gasteiger partial charge in [0.15, 0.2) is 0 Å². The summed E-state index contributed by atoms with van der Waals surface area (Å²) in [5, 5.41) is 4.53. The summed E-state index contributed by atoms with van der Waals surface area (Å²) in [5.74, 6) is 1.30. The Kier molecular flexibility index (Phi) is 5.22. The van der Waals surface area contributed by atoms with Gasteiger partial charge in [-0.15, -0.1) is 0 Å². The van der Waals surface area contributed by atoms with Gasteiger partial charge in [0.05, 0.1) is 23.1 Å². The van der Waals surface area contributed by atoms with Crippen molar-refractivity contribution in [3.63, 3.8) is 0 Å². The highest BCUT2D eigenvalue weighted by molar-refractivity contribution is 5.77. The lowest BCUT2D eigenvalue weighted by atomic mass is 10.2. The van der Waals surface area contributed by atoms with Crippen molar-refractivity contribution in [1.82, 2.24) is 19.3 Å². The fraction of sp³-hybridized carbons (Fsp3) is 0.273. The maximum Gasteiger partial charge on any atom is 0.332 e. The standard InChI is InChI=1S/C22H22N4O4/c1-4-29-18-12-8-6-10-16(18)20-23-19(30-24-20)13-25-17-11-7-5-9-15(17)21(27)26(14(2)3)22(25)28/h5-12,14H,4,13H2,1-3H3. The van der Waals surface area contributed by atoms with Crippen molar-refractivity contribution in [3.8, 4) is 17.1 Å². The molecule has 2 heterocycles. The summed E-state index contributed by atoms with van der Waals surface area (Å²) in [6.07, 6.45) is 0. The van der Waals surface area contributed by atoms with Crippen LogP contribution in [0.3, 0.4) is 0 Å². The number of fused-ring (bicyclic) bond motifs is 1. The maximum atomic E-state index is 13.1. The summed E-state index contributed by atoms with van der Waals surface area (Å²) in [6, 6.07) is 14.2. The van der Waals surface area contributed by atoms with Crippen LogP contribution in [0.4, 0.5) is 0 Å². The number of rotatable bonds is 6. The molecule has 2 aromatic heterocycles. The molecule has 2 aromatic carbocycles. The van der Waals surface area contributed by atoms with Crippen LogP contribution in [0.1, 0.15) is 32.7 Å². The molecular formula is C22H22N4O4. The molecule has 154 valence electrons. The molecule has 8 nitrogen and oxygen atoms in total. The Bertz CT molecular complexity index is 1320. The zero-order valence-electron chi connectivity index (χ0n) is 17.0. The van der Waals surface area contributed by atoms with E-state index in [1.165, 1.54) is 9.13 Å². The minimum absolute atomic E-state index is 0.0517. The monoisotopic (exact) mass is 406 g/mol. The van der Waals surface area contributed by atoms with Gasteiger partial charge >= 0.3 is 5.69 Å². The summed E-state index contributed by atoms with van der Waals surface area (Å²) in [6.45, 7) is 6.07. The van der Waals surface area contributed by atoms with Gasteiger partial charge in [-0.2, -0.15) is 4.98 Å². The molecule has 0 bridgehead atoms. The highest BCUT2D eigenvalue weighted by Crippen LogP contribution is 2.27. The smallest absolute Gasteiger partial charge is 0.332 e. The van der Waals surface area contributed by atoms with E-state index in [2.05, 4.69) is 10.1 Å². The number of hydrogen-bond acceptors (Lipinski definition) is 6. The first-order valence-corrected chi connectivity index (χ1v) is 9.80. The Hall–Kier alpha value is -3.68. The van der Waals surface area contributed by atoms with Gasteiger partial charge in [0.25, 0.3) is 5.56 Å². The third kappa shape index (κ3) is 3.41. The lowest BCUT2D eigenvalue weighted by Crippen LogP contribution is -2.41. The van der Waals surface area contributed by atoms with Gasteiger partial charge in [0.1, 0.15) is 12.3 Å². The van der Waals surface area contributed by atoms with E-state index in [1.54, 1.807) is 38.1 Å². The summed E-state index contributed by atoms with van der Waals surface area (Å²) in [5.41, 5.74) is 0.513. The first kappa shape index (κ1) is 19.6. The molecular weight excluding hydrogens is 384 g/mol. The molecule has 0 aliphatic rings. The van der Waals surface area contributed by atoms with E-state index in [4.69, 9.17) is 9.26 Å². The third-order valence-corrected chi connectivity index (χ3v) is 4.79. The van der Waals surface area contributed by atoms with Crippen molar-refractivity contribution in [2.75, 3.05) is 6.61 Å². The SMILES string of the molecule is CCOc1ccccc1-c1noc(Cn2c(=O)n(C(C)C)c(=O)c3ccccc32)n1. The van der Waals surface area contributed by atoms with E-state index in [0.29, 0.717) is 34.6 Å². The van der Waals surface area contributed by atoms with Crippen LogP contribution in [0.5, 0.6) is 5.75 Å². The van der Waals surface area contributed by atoms with Crippen molar-refractivity contribution in [2.24, 2.45) is 0 Å². The second-order valence-corrected chi connectivity index (χ2v) is 7.10. The second kappa shape index (κ2) is 7.98. The molecule has 0 aliphatic heterocycles. The number of benzene rings is 2. The number of ether oxygens (including phenoxy) is 1. The average Bonchev–Trinajstić information content (AvgIpc) is 3.20. The van der Waals surface area contributed by atoms with E-state index in [9.17, 15) is 9.59 Å². The number of aromatic nitrogens is 4. The maximum absolute atomic E-state index is 13.1. The highest BCUT2D eigenvalue weighted by Gasteiger charge is 2.18. The van der Waals surface area contributed by atoms with Crippen LogP contribution in [0, 0.1) is 0 Å². The van der Waals surface area contributed by atoms with Gasteiger partial charge in [-0.1, -0.05) is 29.4 Å². The first-order chi connectivity index (χ1) is 14.5. The van der Waals surface area contributed by atoms with Crippen molar-refractivity contribution < 1.29 is 9.26 Å². The zero-order valence-corrected chi connectivity index (χ0v) is 17.0. The third-order valence-electron chi connectivity index (χ3n) is 4.79. The van der Waals surface area contributed by atoms with E-state index in [1.807, 2.05) is 31.2 Å². The molecule has 0 fully saturated rings. The molecule has 4 aromatic rings. The molecule has 0 saturated carbocycles. The molecule has 30 heavy (non-hydrogen) atoms. The molecule has 0 amide bonds.